The molecular weight excluding hydrogens is 220 g/mol. The van der Waals surface area contributed by atoms with Gasteiger partial charge in [-0.2, -0.15) is 0 Å². The molecule has 3 heteroatoms. The van der Waals surface area contributed by atoms with Gasteiger partial charge in [0.05, 0.1) is 0 Å². The van der Waals surface area contributed by atoms with Gasteiger partial charge in [0, 0.05) is 17.0 Å². The molecule has 1 heterocycles. The van der Waals surface area contributed by atoms with Gasteiger partial charge in [-0.05, 0) is 12.8 Å². The highest BCUT2D eigenvalue weighted by Crippen LogP contribution is 2.17. The Morgan fingerprint density at radius 3 is 2.25 bits per heavy atom. The molecule has 1 aliphatic heterocycles. The van der Waals surface area contributed by atoms with E-state index in [9.17, 15) is 4.48 Å². The molecule has 0 bridgehead atoms. The number of hydrogen-bond donors (Lipinski definition) is 0. The van der Waals surface area contributed by atoms with Crippen LogP contribution < -0.4 is 0 Å². The number of piperidine rings is 1. The number of alkyl halides is 1. The lowest BCUT2D eigenvalue weighted by Gasteiger charge is -2.20. The number of nitrogens with zero attached hydrogens (tertiary/aromatic N) is 1. The van der Waals surface area contributed by atoms with Crippen molar-refractivity contribution in [2.24, 2.45) is 0 Å². The Kier molecular flexibility index (Phi) is 2.49. The van der Waals surface area contributed by atoms with E-state index in [4.69, 9.17) is 0 Å². The summed E-state index contributed by atoms with van der Waals surface area (Å²) in [4.78, 5) is 0. The second-order valence-electron chi connectivity index (χ2n) is 2.08. The van der Waals surface area contributed by atoms with Crippen LogP contribution in [-0.2, 0) is 0 Å². The zero-order chi connectivity index (χ0) is 5.98. The van der Waals surface area contributed by atoms with Gasteiger partial charge in [-0.3, -0.25) is 0 Å². The van der Waals surface area contributed by atoms with Gasteiger partial charge in [0.15, 0.2) is 0 Å². The van der Waals surface area contributed by atoms with Gasteiger partial charge < -0.3 is 0 Å². The minimum absolute atomic E-state index is 0.633. The van der Waals surface area contributed by atoms with Gasteiger partial charge in [0.1, 0.15) is 0 Å². The summed E-state index contributed by atoms with van der Waals surface area (Å²) in [6, 6.07) is 0. The van der Waals surface area contributed by atoms with Crippen molar-refractivity contribution >= 4 is 22.6 Å². The smallest absolute Gasteiger partial charge is 0.0300 e. The highest BCUT2D eigenvalue weighted by atomic mass is 127. The SMILES string of the molecule is FN1CCC(I)CC1. The van der Waals surface area contributed by atoms with Crippen LogP contribution in [0.3, 0.4) is 0 Å². The molecule has 0 amide bonds. The largest absolute Gasteiger partial charge is 0.146 e. The summed E-state index contributed by atoms with van der Waals surface area (Å²) >= 11 is 2.37. The predicted molar refractivity (Wildman–Crippen MR) is 39.7 cm³/mol. The summed E-state index contributed by atoms with van der Waals surface area (Å²) in [6.45, 7) is 1.27. The lowest BCUT2D eigenvalue weighted by molar-refractivity contribution is 0.00909. The summed E-state index contributed by atoms with van der Waals surface area (Å²) in [5, 5.41) is 0.898. The third-order valence-corrected chi connectivity index (χ3v) is 2.62. The maximum Gasteiger partial charge on any atom is 0.0300 e. The van der Waals surface area contributed by atoms with E-state index in [1.165, 1.54) is 0 Å². The topological polar surface area (TPSA) is 3.24 Å². The van der Waals surface area contributed by atoms with Crippen molar-refractivity contribution < 1.29 is 4.48 Å². The van der Waals surface area contributed by atoms with E-state index in [-0.39, 0.29) is 0 Å². The molecule has 1 fully saturated rings. The molecule has 1 saturated heterocycles. The average molecular weight is 229 g/mol. The fourth-order valence-corrected chi connectivity index (χ4v) is 1.37. The summed E-state index contributed by atoms with van der Waals surface area (Å²) in [5.74, 6) is 0. The highest BCUT2D eigenvalue weighted by molar-refractivity contribution is 14.1. The van der Waals surface area contributed by atoms with Crippen LogP contribution in [0.5, 0.6) is 0 Å². The van der Waals surface area contributed by atoms with Crippen molar-refractivity contribution in [3.63, 3.8) is 0 Å². The number of halogens is 2. The van der Waals surface area contributed by atoms with Gasteiger partial charge in [-0.15, -0.1) is 9.60 Å². The standard InChI is InChI=1S/C5H9FIN/c6-8-3-1-5(7)2-4-8/h5H,1-4H2. The fourth-order valence-electron chi connectivity index (χ4n) is 0.816. The second kappa shape index (κ2) is 2.96. The molecule has 0 radical (unpaired) electrons. The number of hydrogen-bond acceptors (Lipinski definition) is 1. The lowest BCUT2D eigenvalue weighted by atomic mass is 10.2. The first kappa shape index (κ1) is 6.74. The summed E-state index contributed by atoms with van der Waals surface area (Å²) in [5.41, 5.74) is 0. The zero-order valence-corrected chi connectivity index (χ0v) is 6.77. The van der Waals surface area contributed by atoms with Crippen molar-refractivity contribution in [3.8, 4) is 0 Å². The van der Waals surface area contributed by atoms with Crippen molar-refractivity contribution in [2.75, 3.05) is 13.1 Å². The van der Waals surface area contributed by atoms with Crippen LogP contribution in [-0.4, -0.2) is 22.1 Å². The normalized spacial score (nSPS) is 26.2. The van der Waals surface area contributed by atoms with E-state index in [1.807, 2.05) is 0 Å². The first-order valence-electron chi connectivity index (χ1n) is 2.84. The summed E-state index contributed by atoms with van der Waals surface area (Å²) in [6.07, 6.45) is 2.02. The average Bonchev–Trinajstić information content (AvgIpc) is 1.77. The zero-order valence-electron chi connectivity index (χ0n) is 4.61. The molecule has 0 aromatic carbocycles. The second-order valence-corrected chi connectivity index (χ2v) is 3.85. The Morgan fingerprint density at radius 1 is 1.38 bits per heavy atom. The van der Waals surface area contributed by atoms with Gasteiger partial charge in [0.2, 0.25) is 0 Å². The van der Waals surface area contributed by atoms with Crippen LogP contribution in [0.15, 0.2) is 0 Å². The van der Waals surface area contributed by atoms with Crippen LogP contribution in [0.4, 0.5) is 4.48 Å². The molecule has 0 spiro atoms. The molecule has 0 aromatic rings. The first-order chi connectivity index (χ1) is 3.79. The van der Waals surface area contributed by atoms with Gasteiger partial charge >= 0.3 is 0 Å². The maximum absolute atomic E-state index is 12.2. The molecule has 8 heavy (non-hydrogen) atoms. The van der Waals surface area contributed by atoms with Crippen LogP contribution in [0, 0.1) is 0 Å². The van der Waals surface area contributed by atoms with E-state index in [1.54, 1.807) is 0 Å². The Morgan fingerprint density at radius 2 is 1.88 bits per heavy atom. The van der Waals surface area contributed by atoms with E-state index in [2.05, 4.69) is 22.6 Å². The molecule has 0 aliphatic carbocycles. The molecule has 1 rings (SSSR count). The van der Waals surface area contributed by atoms with E-state index in [0.717, 1.165) is 18.0 Å². The van der Waals surface area contributed by atoms with Crippen LogP contribution in [0.2, 0.25) is 0 Å². The Hall–Kier alpha value is 0.620. The molecular formula is C5H9FIN. The van der Waals surface area contributed by atoms with Crippen LogP contribution >= 0.6 is 22.6 Å². The van der Waals surface area contributed by atoms with Gasteiger partial charge in [-0.1, -0.05) is 22.6 Å². The lowest BCUT2D eigenvalue weighted by Crippen LogP contribution is -2.26. The fraction of sp³-hybridized carbons (Fsp3) is 1.00. The molecule has 48 valence electrons. The monoisotopic (exact) mass is 229 g/mol. The van der Waals surface area contributed by atoms with Gasteiger partial charge in [0.25, 0.3) is 0 Å². The molecule has 0 atom stereocenters. The van der Waals surface area contributed by atoms with E-state index < -0.39 is 0 Å². The predicted octanol–water partition coefficient (Wildman–Crippen LogP) is 1.77. The molecule has 0 aromatic heterocycles. The van der Waals surface area contributed by atoms with Crippen LogP contribution in [0.25, 0.3) is 0 Å². The minimum atomic E-state index is 0.633. The Balaban J connectivity index is 2.19. The third-order valence-electron chi connectivity index (χ3n) is 1.37. The molecule has 0 saturated carbocycles. The maximum atomic E-state index is 12.2. The summed E-state index contributed by atoms with van der Waals surface area (Å²) in [7, 11) is 0. The quantitative estimate of drug-likeness (QED) is 0.347. The van der Waals surface area contributed by atoms with Gasteiger partial charge in [-0.25, -0.2) is 0 Å². The minimum Gasteiger partial charge on any atom is -0.146 e. The van der Waals surface area contributed by atoms with Crippen molar-refractivity contribution in [1.29, 1.82) is 0 Å². The van der Waals surface area contributed by atoms with Crippen molar-refractivity contribution in [2.45, 2.75) is 16.8 Å². The number of rotatable bonds is 0. The molecule has 0 N–H and O–H groups in total. The third kappa shape index (κ3) is 1.85. The first-order valence-corrected chi connectivity index (χ1v) is 4.08. The molecule has 1 nitrogen and oxygen atoms in total. The van der Waals surface area contributed by atoms with Crippen molar-refractivity contribution in [3.05, 3.63) is 0 Å². The molecule has 0 unspecified atom stereocenters. The Bertz CT molecular complexity index is 60.8. The molecule has 1 aliphatic rings. The van der Waals surface area contributed by atoms with E-state index in [0.29, 0.717) is 17.0 Å². The van der Waals surface area contributed by atoms with Crippen molar-refractivity contribution in [1.82, 2.24) is 5.12 Å². The van der Waals surface area contributed by atoms with Crippen LogP contribution in [0.1, 0.15) is 12.8 Å². The Labute approximate surface area is 62.3 Å². The highest BCUT2D eigenvalue weighted by Gasteiger charge is 2.14. The van der Waals surface area contributed by atoms with E-state index >= 15 is 0 Å². The summed E-state index contributed by atoms with van der Waals surface area (Å²) < 4.78 is 12.9.